The summed E-state index contributed by atoms with van der Waals surface area (Å²) in [5, 5.41) is 5.03. The highest BCUT2D eigenvalue weighted by molar-refractivity contribution is 6.02. The lowest BCUT2D eigenvalue weighted by molar-refractivity contribution is -0.154. The number of esters is 1. The summed E-state index contributed by atoms with van der Waals surface area (Å²) in [6.07, 6.45) is 0.156. The van der Waals surface area contributed by atoms with Crippen molar-refractivity contribution >= 4 is 16.9 Å². The third kappa shape index (κ3) is 5.11. The van der Waals surface area contributed by atoms with Gasteiger partial charge >= 0.3 is 12.1 Å². The van der Waals surface area contributed by atoms with Crippen molar-refractivity contribution < 1.29 is 27.4 Å². The number of fused-ring (bicyclic) bond motifs is 1. The van der Waals surface area contributed by atoms with Crippen molar-refractivity contribution in [2.45, 2.75) is 26.1 Å². The fourth-order valence-electron chi connectivity index (χ4n) is 3.23. The van der Waals surface area contributed by atoms with Gasteiger partial charge in [0.2, 0.25) is 5.88 Å². The Hall–Kier alpha value is -3.95. The van der Waals surface area contributed by atoms with Gasteiger partial charge < -0.3 is 9.47 Å². The van der Waals surface area contributed by atoms with Gasteiger partial charge in [-0.1, -0.05) is 18.2 Å². The predicted octanol–water partition coefficient (Wildman–Crippen LogP) is 4.90. The summed E-state index contributed by atoms with van der Waals surface area (Å²) < 4.78 is 49.0. The van der Waals surface area contributed by atoms with Crippen molar-refractivity contribution in [3.63, 3.8) is 0 Å². The van der Waals surface area contributed by atoms with E-state index in [2.05, 4.69) is 15.1 Å². The highest BCUT2D eigenvalue weighted by atomic mass is 19.4. The molecule has 3 heterocycles. The van der Waals surface area contributed by atoms with Crippen molar-refractivity contribution in [1.29, 1.82) is 0 Å². The average molecular weight is 456 g/mol. The summed E-state index contributed by atoms with van der Waals surface area (Å²) in [5.41, 5.74) is 1.85. The number of benzene rings is 1. The van der Waals surface area contributed by atoms with Crippen molar-refractivity contribution in [3.8, 4) is 11.6 Å². The maximum atomic E-state index is 12.7. The van der Waals surface area contributed by atoms with Gasteiger partial charge in [0.15, 0.2) is 12.3 Å². The standard InChI is InChI=1S/C23H19F3N4O3/c1-14-10-16(11-28-21(14)32-13-23(24,25)26)15(2)30-12-18-19(29-30)8-9-27-20(18)22(31)33-17-6-4-3-5-7-17/h3-12,15H,13H2,1-2H3. The Labute approximate surface area is 186 Å². The minimum atomic E-state index is -4.44. The molecular weight excluding hydrogens is 437 g/mol. The largest absolute Gasteiger partial charge is 0.468 e. The molecule has 33 heavy (non-hydrogen) atoms. The van der Waals surface area contributed by atoms with Gasteiger partial charge in [0.1, 0.15) is 5.75 Å². The highest BCUT2D eigenvalue weighted by Crippen LogP contribution is 2.26. The zero-order chi connectivity index (χ0) is 23.6. The van der Waals surface area contributed by atoms with E-state index in [1.54, 1.807) is 54.2 Å². The molecule has 0 aliphatic rings. The minimum absolute atomic E-state index is 0.0796. The molecule has 0 aliphatic heterocycles. The molecule has 7 nitrogen and oxygen atoms in total. The molecule has 0 bridgehead atoms. The molecule has 0 amide bonds. The Morgan fingerprint density at radius 2 is 1.91 bits per heavy atom. The lowest BCUT2D eigenvalue weighted by Crippen LogP contribution is -2.20. The van der Waals surface area contributed by atoms with Crippen LogP contribution in [0.15, 0.2) is 61.1 Å². The number of hydrogen-bond acceptors (Lipinski definition) is 6. The molecule has 4 rings (SSSR count). The van der Waals surface area contributed by atoms with Crippen LogP contribution in [0.25, 0.3) is 10.9 Å². The van der Waals surface area contributed by atoms with E-state index in [1.807, 2.05) is 13.0 Å². The Kier molecular flexibility index (Phi) is 5.99. The van der Waals surface area contributed by atoms with Crippen LogP contribution in [0.4, 0.5) is 13.2 Å². The average Bonchev–Trinajstić information content (AvgIpc) is 3.22. The van der Waals surface area contributed by atoms with Crippen LogP contribution in [0.1, 0.15) is 34.6 Å². The third-order valence-electron chi connectivity index (χ3n) is 4.90. The van der Waals surface area contributed by atoms with Crippen LogP contribution >= 0.6 is 0 Å². The van der Waals surface area contributed by atoms with Crippen LogP contribution in [-0.2, 0) is 0 Å². The topological polar surface area (TPSA) is 79.1 Å². The van der Waals surface area contributed by atoms with Crippen LogP contribution in [0.2, 0.25) is 0 Å². The van der Waals surface area contributed by atoms with Crippen LogP contribution in [0.5, 0.6) is 11.6 Å². The number of ether oxygens (including phenoxy) is 2. The van der Waals surface area contributed by atoms with Gasteiger partial charge in [-0.05, 0) is 43.7 Å². The molecule has 0 N–H and O–H groups in total. The second-order valence-corrected chi connectivity index (χ2v) is 7.37. The predicted molar refractivity (Wildman–Crippen MR) is 113 cm³/mol. The second kappa shape index (κ2) is 8.89. The van der Waals surface area contributed by atoms with Crippen molar-refractivity contribution in [2.75, 3.05) is 6.61 Å². The van der Waals surface area contributed by atoms with E-state index in [0.29, 0.717) is 27.8 Å². The molecule has 0 saturated heterocycles. The summed E-state index contributed by atoms with van der Waals surface area (Å²) in [6, 6.07) is 11.7. The van der Waals surface area contributed by atoms with E-state index in [0.717, 1.165) is 0 Å². The number of hydrogen-bond donors (Lipinski definition) is 0. The first-order valence-corrected chi connectivity index (χ1v) is 9.98. The molecule has 0 fully saturated rings. The van der Waals surface area contributed by atoms with Crippen molar-refractivity contribution in [3.05, 3.63) is 77.9 Å². The molecule has 4 aromatic rings. The van der Waals surface area contributed by atoms with Crippen LogP contribution in [-0.4, -0.2) is 38.5 Å². The van der Waals surface area contributed by atoms with Crippen molar-refractivity contribution in [1.82, 2.24) is 19.7 Å². The minimum Gasteiger partial charge on any atom is -0.468 e. The molecule has 0 saturated carbocycles. The fraction of sp³-hybridized carbons (Fsp3) is 0.217. The monoisotopic (exact) mass is 456 g/mol. The van der Waals surface area contributed by atoms with Gasteiger partial charge in [-0.2, -0.15) is 18.3 Å². The molecule has 10 heteroatoms. The number of nitrogens with zero attached hydrogens (tertiary/aromatic N) is 4. The zero-order valence-electron chi connectivity index (χ0n) is 17.7. The number of alkyl halides is 3. The third-order valence-corrected chi connectivity index (χ3v) is 4.90. The van der Waals surface area contributed by atoms with Crippen LogP contribution in [0, 0.1) is 6.92 Å². The van der Waals surface area contributed by atoms with Gasteiger partial charge in [-0.3, -0.25) is 4.68 Å². The van der Waals surface area contributed by atoms with Gasteiger partial charge in [0.05, 0.1) is 16.9 Å². The van der Waals surface area contributed by atoms with Gasteiger partial charge in [0, 0.05) is 24.2 Å². The molecular formula is C23H19F3N4O3. The maximum Gasteiger partial charge on any atom is 0.422 e. The van der Waals surface area contributed by atoms with Gasteiger partial charge in [-0.25, -0.2) is 14.8 Å². The lowest BCUT2D eigenvalue weighted by Gasteiger charge is -2.15. The summed E-state index contributed by atoms with van der Waals surface area (Å²) in [7, 11) is 0. The molecule has 0 aliphatic carbocycles. The first-order valence-electron chi connectivity index (χ1n) is 9.98. The molecule has 1 aromatic carbocycles. The molecule has 3 aromatic heterocycles. The summed E-state index contributed by atoms with van der Waals surface area (Å²) in [4.78, 5) is 20.9. The number of halogens is 3. The van der Waals surface area contributed by atoms with Crippen LogP contribution < -0.4 is 9.47 Å². The van der Waals surface area contributed by atoms with E-state index in [1.165, 1.54) is 12.4 Å². The summed E-state index contributed by atoms with van der Waals surface area (Å²) >= 11 is 0. The Morgan fingerprint density at radius 1 is 1.15 bits per heavy atom. The first-order chi connectivity index (χ1) is 15.7. The zero-order valence-corrected chi connectivity index (χ0v) is 17.7. The van der Waals surface area contributed by atoms with Crippen molar-refractivity contribution in [2.24, 2.45) is 0 Å². The Morgan fingerprint density at radius 3 is 2.61 bits per heavy atom. The fourth-order valence-corrected chi connectivity index (χ4v) is 3.23. The number of para-hydroxylation sites is 1. The van der Waals surface area contributed by atoms with Gasteiger partial charge in [-0.15, -0.1) is 0 Å². The first kappa shape index (κ1) is 22.3. The number of carbonyl (C=O) groups is 1. The number of carbonyl (C=O) groups excluding carboxylic acids is 1. The Bertz CT molecular complexity index is 1290. The SMILES string of the molecule is Cc1cc(C(C)n2cc3c(C(=O)Oc4ccccc4)nccc3n2)cnc1OCC(F)(F)F. The smallest absolute Gasteiger partial charge is 0.422 e. The van der Waals surface area contributed by atoms with Crippen LogP contribution in [0.3, 0.4) is 0 Å². The van der Waals surface area contributed by atoms with E-state index < -0.39 is 18.8 Å². The van der Waals surface area contributed by atoms with E-state index in [9.17, 15) is 18.0 Å². The quantitative estimate of drug-likeness (QED) is 0.303. The number of pyridine rings is 2. The molecule has 170 valence electrons. The Balaban J connectivity index is 1.58. The number of rotatable bonds is 6. The normalized spacial score (nSPS) is 12.5. The number of aryl methyl sites for hydroxylation is 1. The van der Waals surface area contributed by atoms with Gasteiger partial charge in [0.25, 0.3) is 0 Å². The van der Waals surface area contributed by atoms with E-state index in [-0.39, 0.29) is 17.6 Å². The lowest BCUT2D eigenvalue weighted by atomic mass is 10.1. The molecule has 0 radical (unpaired) electrons. The maximum absolute atomic E-state index is 12.7. The second-order valence-electron chi connectivity index (χ2n) is 7.37. The molecule has 1 atom stereocenters. The van der Waals surface area contributed by atoms with E-state index >= 15 is 0 Å². The highest BCUT2D eigenvalue weighted by Gasteiger charge is 2.29. The summed E-state index contributed by atoms with van der Waals surface area (Å²) in [6.45, 7) is 2.07. The number of aromatic nitrogens is 4. The summed E-state index contributed by atoms with van der Waals surface area (Å²) in [5.74, 6) is -0.289. The van der Waals surface area contributed by atoms with E-state index in [4.69, 9.17) is 9.47 Å². The molecule has 1 unspecified atom stereocenters. The molecule has 0 spiro atoms.